The molecule has 76 valence electrons. The molecule has 2 aromatic carbocycles. The summed E-state index contributed by atoms with van der Waals surface area (Å²) >= 11 is 2.13. The lowest BCUT2D eigenvalue weighted by Crippen LogP contribution is -1.88. The summed E-state index contributed by atoms with van der Waals surface area (Å²) in [6.45, 7) is 0. The molecule has 15 heavy (non-hydrogen) atoms. The second-order valence-corrected chi connectivity index (χ2v) is 4.27. The van der Waals surface area contributed by atoms with Gasteiger partial charge in [-0.25, -0.2) is 8.78 Å². The van der Waals surface area contributed by atoms with Gasteiger partial charge in [0.1, 0.15) is 11.6 Å². The fourth-order valence-electron chi connectivity index (χ4n) is 1.39. The van der Waals surface area contributed by atoms with Gasteiger partial charge < -0.3 is 0 Å². The predicted molar refractivity (Wildman–Crippen MR) is 64.5 cm³/mol. The van der Waals surface area contributed by atoms with Crippen molar-refractivity contribution in [2.24, 2.45) is 0 Å². The minimum Gasteiger partial charge on any atom is -0.207 e. The van der Waals surface area contributed by atoms with Crippen molar-refractivity contribution in [3.63, 3.8) is 0 Å². The van der Waals surface area contributed by atoms with E-state index in [0.29, 0.717) is 5.56 Å². The van der Waals surface area contributed by atoms with Gasteiger partial charge in [0.15, 0.2) is 0 Å². The SMILES string of the molecule is Fc1ccc(-c2ccccc2I)c(F)c1. The summed E-state index contributed by atoms with van der Waals surface area (Å²) in [5, 5.41) is 0. The average molecular weight is 316 g/mol. The minimum atomic E-state index is -0.554. The van der Waals surface area contributed by atoms with Crippen molar-refractivity contribution < 1.29 is 8.78 Å². The van der Waals surface area contributed by atoms with E-state index in [0.717, 1.165) is 15.2 Å². The third-order valence-corrected chi connectivity index (χ3v) is 3.04. The Morgan fingerprint density at radius 3 is 2.27 bits per heavy atom. The van der Waals surface area contributed by atoms with Gasteiger partial charge in [-0.2, -0.15) is 0 Å². The van der Waals surface area contributed by atoms with Crippen molar-refractivity contribution in [2.75, 3.05) is 0 Å². The zero-order valence-electron chi connectivity index (χ0n) is 7.68. The lowest BCUT2D eigenvalue weighted by atomic mass is 10.1. The number of benzene rings is 2. The molecule has 0 heterocycles. The lowest BCUT2D eigenvalue weighted by Gasteiger charge is -2.05. The number of hydrogen-bond acceptors (Lipinski definition) is 0. The predicted octanol–water partition coefficient (Wildman–Crippen LogP) is 4.24. The molecule has 0 radical (unpaired) electrons. The Hall–Kier alpha value is -0.970. The highest BCUT2D eigenvalue weighted by Gasteiger charge is 2.08. The number of halogens is 3. The molecule has 0 fully saturated rings. The maximum Gasteiger partial charge on any atom is 0.133 e. The smallest absolute Gasteiger partial charge is 0.133 e. The van der Waals surface area contributed by atoms with E-state index >= 15 is 0 Å². The van der Waals surface area contributed by atoms with Crippen LogP contribution < -0.4 is 0 Å². The summed E-state index contributed by atoms with van der Waals surface area (Å²) in [5.41, 5.74) is 1.22. The van der Waals surface area contributed by atoms with Crippen molar-refractivity contribution in [1.82, 2.24) is 0 Å². The number of rotatable bonds is 1. The molecule has 3 heteroatoms. The van der Waals surface area contributed by atoms with Crippen LogP contribution in [0.1, 0.15) is 0 Å². The Morgan fingerprint density at radius 2 is 1.60 bits per heavy atom. The van der Waals surface area contributed by atoms with E-state index in [1.54, 1.807) is 0 Å². The summed E-state index contributed by atoms with van der Waals surface area (Å²) in [7, 11) is 0. The molecule has 2 aromatic rings. The lowest BCUT2D eigenvalue weighted by molar-refractivity contribution is 0.585. The fourth-order valence-corrected chi connectivity index (χ4v) is 2.07. The highest BCUT2D eigenvalue weighted by molar-refractivity contribution is 14.1. The third-order valence-electron chi connectivity index (χ3n) is 2.10. The van der Waals surface area contributed by atoms with Crippen LogP contribution in [0.2, 0.25) is 0 Å². The van der Waals surface area contributed by atoms with Gasteiger partial charge in [-0.15, -0.1) is 0 Å². The molecule has 0 unspecified atom stereocenters. The molecule has 0 aliphatic heterocycles. The maximum atomic E-state index is 13.5. The van der Waals surface area contributed by atoms with Crippen LogP contribution in [-0.2, 0) is 0 Å². The van der Waals surface area contributed by atoms with Crippen LogP contribution in [0.15, 0.2) is 42.5 Å². The van der Waals surface area contributed by atoms with Crippen molar-refractivity contribution in [3.8, 4) is 11.1 Å². The monoisotopic (exact) mass is 316 g/mol. The van der Waals surface area contributed by atoms with E-state index in [2.05, 4.69) is 22.6 Å². The molecule has 0 aliphatic carbocycles. The highest BCUT2D eigenvalue weighted by Crippen LogP contribution is 2.27. The molecular formula is C12H7F2I. The highest BCUT2D eigenvalue weighted by atomic mass is 127. The van der Waals surface area contributed by atoms with Gasteiger partial charge in [-0.05, 0) is 46.4 Å². The van der Waals surface area contributed by atoms with Gasteiger partial charge >= 0.3 is 0 Å². The van der Waals surface area contributed by atoms with Gasteiger partial charge in [0.25, 0.3) is 0 Å². The quantitative estimate of drug-likeness (QED) is 0.691. The second-order valence-electron chi connectivity index (χ2n) is 3.10. The summed E-state index contributed by atoms with van der Waals surface area (Å²) in [6.07, 6.45) is 0. The number of hydrogen-bond donors (Lipinski definition) is 0. The van der Waals surface area contributed by atoms with Gasteiger partial charge in [0, 0.05) is 15.2 Å². The molecule has 0 N–H and O–H groups in total. The van der Waals surface area contributed by atoms with Crippen molar-refractivity contribution in [3.05, 3.63) is 57.7 Å². The van der Waals surface area contributed by atoms with Crippen molar-refractivity contribution in [2.45, 2.75) is 0 Å². The first kappa shape index (κ1) is 10.5. The molecule has 0 saturated carbocycles. The van der Waals surface area contributed by atoms with Gasteiger partial charge in [0.2, 0.25) is 0 Å². The Bertz CT molecular complexity index is 495. The van der Waals surface area contributed by atoms with E-state index in [1.165, 1.54) is 12.1 Å². The van der Waals surface area contributed by atoms with E-state index in [-0.39, 0.29) is 0 Å². The fraction of sp³-hybridized carbons (Fsp3) is 0. The Balaban J connectivity index is 2.60. The van der Waals surface area contributed by atoms with E-state index in [1.807, 2.05) is 24.3 Å². The van der Waals surface area contributed by atoms with E-state index < -0.39 is 11.6 Å². The van der Waals surface area contributed by atoms with Crippen LogP contribution in [-0.4, -0.2) is 0 Å². The molecule has 0 saturated heterocycles. The molecule has 0 aliphatic rings. The second kappa shape index (κ2) is 4.26. The van der Waals surface area contributed by atoms with Gasteiger partial charge in [-0.1, -0.05) is 18.2 Å². The van der Waals surface area contributed by atoms with Gasteiger partial charge in [0.05, 0.1) is 0 Å². The first-order valence-corrected chi connectivity index (χ1v) is 5.46. The zero-order chi connectivity index (χ0) is 10.8. The Morgan fingerprint density at radius 1 is 0.867 bits per heavy atom. The summed E-state index contributed by atoms with van der Waals surface area (Å²) in [6, 6.07) is 11.0. The molecule has 0 aromatic heterocycles. The normalized spacial score (nSPS) is 10.3. The summed E-state index contributed by atoms with van der Waals surface area (Å²) < 4.78 is 27.1. The molecule has 0 atom stereocenters. The summed E-state index contributed by atoms with van der Waals surface area (Å²) in [5.74, 6) is -1.08. The van der Waals surface area contributed by atoms with Crippen LogP contribution in [0, 0.1) is 15.2 Å². The first-order chi connectivity index (χ1) is 7.18. The van der Waals surface area contributed by atoms with Gasteiger partial charge in [-0.3, -0.25) is 0 Å². The topological polar surface area (TPSA) is 0 Å². The Kier molecular flexibility index (Phi) is 3.00. The average Bonchev–Trinajstić information content (AvgIpc) is 2.20. The first-order valence-electron chi connectivity index (χ1n) is 4.38. The van der Waals surface area contributed by atoms with Crippen LogP contribution >= 0.6 is 22.6 Å². The van der Waals surface area contributed by atoms with Crippen molar-refractivity contribution in [1.29, 1.82) is 0 Å². The third kappa shape index (κ3) is 2.17. The van der Waals surface area contributed by atoms with Crippen LogP contribution in [0.5, 0.6) is 0 Å². The maximum absolute atomic E-state index is 13.5. The molecule has 0 bridgehead atoms. The summed E-state index contributed by atoms with van der Waals surface area (Å²) in [4.78, 5) is 0. The minimum absolute atomic E-state index is 0.432. The standard InChI is InChI=1S/C12H7F2I/c13-8-5-6-9(11(14)7-8)10-3-1-2-4-12(10)15/h1-7H. The Labute approximate surface area is 100 Å². The van der Waals surface area contributed by atoms with Crippen molar-refractivity contribution >= 4 is 22.6 Å². The van der Waals surface area contributed by atoms with Crippen LogP contribution in [0.4, 0.5) is 8.78 Å². The van der Waals surface area contributed by atoms with Crippen LogP contribution in [0.25, 0.3) is 11.1 Å². The largest absolute Gasteiger partial charge is 0.207 e. The van der Waals surface area contributed by atoms with Crippen LogP contribution in [0.3, 0.4) is 0 Å². The molecule has 0 nitrogen and oxygen atoms in total. The molecular weight excluding hydrogens is 309 g/mol. The molecule has 0 amide bonds. The molecule has 2 rings (SSSR count). The van der Waals surface area contributed by atoms with E-state index in [4.69, 9.17) is 0 Å². The molecule has 0 spiro atoms. The zero-order valence-corrected chi connectivity index (χ0v) is 9.83. The van der Waals surface area contributed by atoms with E-state index in [9.17, 15) is 8.78 Å².